The van der Waals surface area contributed by atoms with Gasteiger partial charge in [0.15, 0.2) is 0 Å². The number of aromatic nitrogens is 4. The molecule has 2 aromatic rings. The van der Waals surface area contributed by atoms with Crippen molar-refractivity contribution in [2.24, 2.45) is 11.8 Å². The van der Waals surface area contributed by atoms with E-state index in [4.69, 9.17) is 9.47 Å². The zero-order chi connectivity index (χ0) is 14.0. The molecule has 21 heavy (non-hydrogen) atoms. The van der Waals surface area contributed by atoms with Crippen LogP contribution in [-0.4, -0.2) is 38.9 Å². The van der Waals surface area contributed by atoms with Crippen LogP contribution in [0.1, 0.15) is 37.4 Å². The van der Waals surface area contributed by atoms with E-state index in [9.17, 15) is 0 Å². The van der Waals surface area contributed by atoms with Crippen LogP contribution in [0.5, 0.6) is 5.88 Å². The number of methoxy groups -OCH3 is 1. The summed E-state index contributed by atoms with van der Waals surface area (Å²) in [5.41, 5.74) is 0.987. The van der Waals surface area contributed by atoms with Crippen LogP contribution < -0.4 is 4.74 Å². The number of imidazole rings is 1. The second-order valence-electron chi connectivity index (χ2n) is 6.59. The van der Waals surface area contributed by atoms with E-state index in [0.717, 1.165) is 42.6 Å². The SMILES string of the molecule is COc1ncnn2c(C3CC4(C3)OCC[C@@H]3CC34)ncc12. The second-order valence-corrected chi connectivity index (χ2v) is 6.59. The number of rotatable bonds is 2. The van der Waals surface area contributed by atoms with Gasteiger partial charge in [-0.2, -0.15) is 10.1 Å². The summed E-state index contributed by atoms with van der Waals surface area (Å²) in [6, 6.07) is 0. The molecule has 0 aromatic carbocycles. The number of hydrogen-bond acceptors (Lipinski definition) is 5. The summed E-state index contributed by atoms with van der Waals surface area (Å²) < 4.78 is 13.3. The van der Waals surface area contributed by atoms with E-state index in [1.54, 1.807) is 13.3 Å². The predicted octanol–water partition coefficient (Wildman–Crippen LogP) is 1.81. The fourth-order valence-electron chi connectivity index (χ4n) is 4.37. The summed E-state index contributed by atoms with van der Waals surface area (Å²) in [5.74, 6) is 3.76. The van der Waals surface area contributed by atoms with E-state index in [1.165, 1.54) is 19.2 Å². The second kappa shape index (κ2) is 3.94. The molecule has 2 aliphatic carbocycles. The van der Waals surface area contributed by atoms with Gasteiger partial charge in [0, 0.05) is 12.5 Å². The van der Waals surface area contributed by atoms with Crippen molar-refractivity contribution >= 4 is 5.52 Å². The Morgan fingerprint density at radius 2 is 2.29 bits per heavy atom. The molecule has 110 valence electrons. The molecule has 0 N–H and O–H groups in total. The van der Waals surface area contributed by atoms with Gasteiger partial charge >= 0.3 is 0 Å². The maximum Gasteiger partial charge on any atom is 0.242 e. The van der Waals surface area contributed by atoms with Crippen LogP contribution in [0.15, 0.2) is 12.5 Å². The Labute approximate surface area is 122 Å². The highest BCUT2D eigenvalue weighted by atomic mass is 16.5. The topological polar surface area (TPSA) is 61.5 Å². The van der Waals surface area contributed by atoms with Crippen molar-refractivity contribution in [3.05, 3.63) is 18.3 Å². The van der Waals surface area contributed by atoms with E-state index in [0.29, 0.717) is 11.8 Å². The Balaban J connectivity index is 1.45. The van der Waals surface area contributed by atoms with Crippen molar-refractivity contribution in [1.29, 1.82) is 0 Å². The van der Waals surface area contributed by atoms with Gasteiger partial charge in [-0.25, -0.2) is 9.50 Å². The van der Waals surface area contributed by atoms with Crippen molar-refractivity contribution in [2.45, 2.75) is 37.2 Å². The van der Waals surface area contributed by atoms with E-state index < -0.39 is 0 Å². The van der Waals surface area contributed by atoms with Crippen LogP contribution >= 0.6 is 0 Å². The molecular formula is C15H18N4O2. The van der Waals surface area contributed by atoms with E-state index in [2.05, 4.69) is 15.1 Å². The maximum absolute atomic E-state index is 6.15. The first-order valence-corrected chi connectivity index (χ1v) is 7.67. The highest BCUT2D eigenvalue weighted by Gasteiger charge is 2.62. The highest BCUT2D eigenvalue weighted by Crippen LogP contribution is 2.63. The molecule has 6 heteroatoms. The molecule has 0 bridgehead atoms. The number of nitrogens with zero attached hydrogens (tertiary/aromatic N) is 4. The van der Waals surface area contributed by atoms with Gasteiger partial charge in [-0.1, -0.05) is 0 Å². The number of fused-ring (bicyclic) bond motifs is 3. The molecule has 3 fully saturated rings. The third-order valence-electron chi connectivity index (χ3n) is 5.54. The third kappa shape index (κ3) is 1.54. The van der Waals surface area contributed by atoms with Crippen molar-refractivity contribution in [2.75, 3.05) is 13.7 Å². The normalized spacial score (nSPS) is 37.3. The van der Waals surface area contributed by atoms with Crippen molar-refractivity contribution in [3.8, 4) is 5.88 Å². The standard InChI is InChI=1S/C15H18N4O2/c1-20-14-12-7-16-13(19(12)18-8-17-14)10-5-15(6-10)11-4-9(11)2-3-21-15/h7-11H,2-6H2,1H3/t9-,10?,11?,15?/m1/s1. The molecule has 3 heterocycles. The van der Waals surface area contributed by atoms with Crippen molar-refractivity contribution in [1.82, 2.24) is 19.6 Å². The first kappa shape index (κ1) is 11.9. The number of hydrogen-bond donors (Lipinski definition) is 0. The predicted molar refractivity (Wildman–Crippen MR) is 74.2 cm³/mol. The first-order valence-electron chi connectivity index (χ1n) is 7.67. The molecule has 6 nitrogen and oxygen atoms in total. The summed E-state index contributed by atoms with van der Waals surface area (Å²) in [5, 5.41) is 4.34. The summed E-state index contributed by atoms with van der Waals surface area (Å²) in [4.78, 5) is 8.69. The Morgan fingerprint density at radius 1 is 1.38 bits per heavy atom. The largest absolute Gasteiger partial charge is 0.479 e. The summed E-state index contributed by atoms with van der Waals surface area (Å²) >= 11 is 0. The average molecular weight is 286 g/mol. The molecule has 1 spiro atoms. The van der Waals surface area contributed by atoms with Gasteiger partial charge in [0.25, 0.3) is 0 Å². The fraction of sp³-hybridized carbons (Fsp3) is 0.667. The van der Waals surface area contributed by atoms with Crippen LogP contribution in [0.3, 0.4) is 0 Å². The summed E-state index contributed by atoms with van der Waals surface area (Å²) in [6.07, 6.45) is 8.12. The van der Waals surface area contributed by atoms with Gasteiger partial charge in [-0.05, 0) is 37.5 Å². The lowest BCUT2D eigenvalue weighted by Gasteiger charge is -2.49. The molecule has 2 aromatic heterocycles. The lowest BCUT2D eigenvalue weighted by Crippen LogP contribution is -2.50. The van der Waals surface area contributed by atoms with Crippen LogP contribution in [0.4, 0.5) is 0 Å². The van der Waals surface area contributed by atoms with Gasteiger partial charge in [0.05, 0.1) is 18.9 Å². The smallest absolute Gasteiger partial charge is 0.242 e. The molecule has 3 aliphatic rings. The quantitative estimate of drug-likeness (QED) is 0.842. The van der Waals surface area contributed by atoms with Gasteiger partial charge in [0.1, 0.15) is 17.7 Å². The van der Waals surface area contributed by atoms with Gasteiger partial charge in [0.2, 0.25) is 5.88 Å². The number of ether oxygens (including phenoxy) is 2. The molecule has 1 aliphatic heterocycles. The van der Waals surface area contributed by atoms with E-state index in [1.807, 2.05) is 4.52 Å². The minimum atomic E-state index is 0.149. The Hall–Kier alpha value is -1.69. The maximum atomic E-state index is 6.15. The molecule has 1 saturated heterocycles. The van der Waals surface area contributed by atoms with Crippen molar-refractivity contribution < 1.29 is 9.47 Å². The monoisotopic (exact) mass is 286 g/mol. The van der Waals surface area contributed by atoms with Gasteiger partial charge in [-0.3, -0.25) is 0 Å². The zero-order valence-electron chi connectivity index (χ0n) is 12.0. The van der Waals surface area contributed by atoms with E-state index in [-0.39, 0.29) is 5.60 Å². The van der Waals surface area contributed by atoms with E-state index >= 15 is 0 Å². The van der Waals surface area contributed by atoms with Crippen LogP contribution in [0, 0.1) is 11.8 Å². The Morgan fingerprint density at radius 3 is 3.14 bits per heavy atom. The third-order valence-corrected chi connectivity index (χ3v) is 5.54. The van der Waals surface area contributed by atoms with Crippen molar-refractivity contribution in [3.63, 3.8) is 0 Å². The molecule has 1 unspecified atom stereocenters. The summed E-state index contributed by atoms with van der Waals surface area (Å²) in [7, 11) is 1.62. The molecular weight excluding hydrogens is 268 g/mol. The molecule has 5 rings (SSSR count). The first-order chi connectivity index (χ1) is 10.3. The highest BCUT2D eigenvalue weighted by molar-refractivity contribution is 5.54. The molecule has 2 saturated carbocycles. The average Bonchev–Trinajstić information content (AvgIpc) is 3.16. The summed E-state index contributed by atoms with van der Waals surface area (Å²) in [6.45, 7) is 0.937. The van der Waals surface area contributed by atoms with Gasteiger partial charge < -0.3 is 9.47 Å². The minimum absolute atomic E-state index is 0.149. The Kier molecular flexibility index (Phi) is 2.24. The fourth-order valence-corrected chi connectivity index (χ4v) is 4.37. The van der Waals surface area contributed by atoms with Crippen LogP contribution in [-0.2, 0) is 4.74 Å². The zero-order valence-corrected chi connectivity index (χ0v) is 12.0. The molecule has 2 atom stereocenters. The van der Waals surface area contributed by atoms with Crippen LogP contribution in [0.25, 0.3) is 5.52 Å². The molecule has 0 amide bonds. The van der Waals surface area contributed by atoms with Gasteiger partial charge in [-0.15, -0.1) is 0 Å². The van der Waals surface area contributed by atoms with Crippen LogP contribution in [0.2, 0.25) is 0 Å². The Bertz CT molecular complexity index is 707. The molecule has 0 radical (unpaired) electrons. The minimum Gasteiger partial charge on any atom is -0.479 e. The lowest BCUT2D eigenvalue weighted by molar-refractivity contribution is -0.148. The lowest BCUT2D eigenvalue weighted by atomic mass is 9.66.